The second-order valence-electron chi connectivity index (χ2n) is 7.84. The first kappa shape index (κ1) is 24.4. The Bertz CT molecular complexity index is 917. The Hall–Kier alpha value is -3.27. The monoisotopic (exact) mass is 464 g/mol. The molecule has 0 unspecified atom stereocenters. The van der Waals surface area contributed by atoms with Gasteiger partial charge >= 0.3 is 12.2 Å². The summed E-state index contributed by atoms with van der Waals surface area (Å²) in [6.07, 6.45) is -2.98. The van der Waals surface area contributed by atoms with Crippen molar-refractivity contribution in [3.63, 3.8) is 0 Å². The fourth-order valence-electron chi connectivity index (χ4n) is 3.49. The highest BCUT2D eigenvalue weighted by Gasteiger charge is 2.28. The number of piperidine rings is 1. The molecule has 178 valence electrons. The van der Waals surface area contributed by atoms with Gasteiger partial charge in [-0.2, -0.15) is 13.2 Å². The standard InChI is InChI=1S/C23H27F3N4O3/c24-23(25,26)16-33-20-8-4-5-17(13-20)14-27-22(32)29-19-9-11-30(12-10-19)15-21(31)28-18-6-2-1-3-7-18/h1-8,13,19H,9-12,14-16H2,(H,28,31)(H2,27,29,32). The lowest BCUT2D eigenvalue weighted by molar-refractivity contribution is -0.153. The molecule has 3 rings (SSSR count). The Morgan fingerprint density at radius 2 is 1.76 bits per heavy atom. The summed E-state index contributed by atoms with van der Waals surface area (Å²) in [4.78, 5) is 26.4. The van der Waals surface area contributed by atoms with Gasteiger partial charge in [-0.05, 0) is 42.7 Å². The molecule has 10 heteroatoms. The van der Waals surface area contributed by atoms with Crippen molar-refractivity contribution < 1.29 is 27.5 Å². The summed E-state index contributed by atoms with van der Waals surface area (Å²) in [6, 6.07) is 15.1. The van der Waals surface area contributed by atoms with Crippen molar-refractivity contribution in [1.29, 1.82) is 0 Å². The molecular formula is C23H27F3N4O3. The number of likely N-dealkylation sites (tertiary alicyclic amines) is 1. The van der Waals surface area contributed by atoms with Gasteiger partial charge in [-0.1, -0.05) is 30.3 Å². The molecule has 0 radical (unpaired) electrons. The number of carbonyl (C=O) groups excluding carboxylic acids is 2. The third-order valence-corrected chi connectivity index (χ3v) is 5.10. The molecule has 2 aromatic rings. The number of amides is 3. The van der Waals surface area contributed by atoms with E-state index in [9.17, 15) is 22.8 Å². The molecule has 2 aromatic carbocycles. The lowest BCUT2D eigenvalue weighted by Crippen LogP contribution is -2.48. The highest BCUT2D eigenvalue weighted by Crippen LogP contribution is 2.19. The van der Waals surface area contributed by atoms with Crippen LogP contribution in [0.1, 0.15) is 18.4 Å². The van der Waals surface area contributed by atoms with Crippen LogP contribution < -0.4 is 20.7 Å². The zero-order valence-corrected chi connectivity index (χ0v) is 18.0. The number of para-hydroxylation sites is 1. The summed E-state index contributed by atoms with van der Waals surface area (Å²) in [7, 11) is 0. The molecule has 0 saturated carbocycles. The number of nitrogens with one attached hydrogen (secondary N) is 3. The molecule has 7 nitrogen and oxygen atoms in total. The predicted molar refractivity (Wildman–Crippen MR) is 118 cm³/mol. The van der Waals surface area contributed by atoms with E-state index in [2.05, 4.69) is 16.0 Å². The molecule has 1 aliphatic heterocycles. The van der Waals surface area contributed by atoms with Crippen LogP contribution in [0.2, 0.25) is 0 Å². The molecule has 1 saturated heterocycles. The maximum Gasteiger partial charge on any atom is 0.422 e. The van der Waals surface area contributed by atoms with Gasteiger partial charge in [0.25, 0.3) is 0 Å². The minimum Gasteiger partial charge on any atom is -0.484 e. The van der Waals surface area contributed by atoms with Crippen LogP contribution in [0.5, 0.6) is 5.75 Å². The van der Waals surface area contributed by atoms with E-state index in [0.717, 1.165) is 5.69 Å². The number of rotatable bonds is 8. The van der Waals surface area contributed by atoms with Gasteiger partial charge in [0.2, 0.25) is 5.91 Å². The number of carbonyl (C=O) groups is 2. The average Bonchev–Trinajstić information content (AvgIpc) is 2.78. The molecular weight excluding hydrogens is 437 g/mol. The van der Waals surface area contributed by atoms with E-state index in [0.29, 0.717) is 38.0 Å². The van der Waals surface area contributed by atoms with E-state index in [4.69, 9.17) is 4.74 Å². The van der Waals surface area contributed by atoms with E-state index < -0.39 is 12.8 Å². The van der Waals surface area contributed by atoms with E-state index in [1.807, 2.05) is 35.2 Å². The molecule has 3 amide bonds. The molecule has 1 fully saturated rings. The van der Waals surface area contributed by atoms with Gasteiger partial charge in [-0.25, -0.2) is 4.79 Å². The number of ether oxygens (including phenoxy) is 1. The van der Waals surface area contributed by atoms with Gasteiger partial charge in [0.05, 0.1) is 6.54 Å². The van der Waals surface area contributed by atoms with E-state index in [-0.39, 0.29) is 30.3 Å². The molecule has 1 aliphatic rings. The molecule has 0 atom stereocenters. The van der Waals surface area contributed by atoms with Crippen molar-refractivity contribution in [2.75, 3.05) is 31.6 Å². The number of urea groups is 1. The molecule has 33 heavy (non-hydrogen) atoms. The average molecular weight is 464 g/mol. The summed E-state index contributed by atoms with van der Waals surface area (Å²) in [5.74, 6) is 0.0162. The Morgan fingerprint density at radius 1 is 1.03 bits per heavy atom. The van der Waals surface area contributed by atoms with Crippen LogP contribution in [-0.2, 0) is 11.3 Å². The summed E-state index contributed by atoms with van der Waals surface area (Å²) in [6.45, 7) is 0.461. The van der Waals surface area contributed by atoms with E-state index in [1.54, 1.807) is 12.1 Å². The smallest absolute Gasteiger partial charge is 0.422 e. The molecule has 0 spiro atoms. The summed E-state index contributed by atoms with van der Waals surface area (Å²) in [5, 5.41) is 8.48. The minimum atomic E-state index is -4.41. The van der Waals surface area contributed by atoms with Crippen LogP contribution in [0.3, 0.4) is 0 Å². The lowest BCUT2D eigenvalue weighted by atomic mass is 10.1. The predicted octanol–water partition coefficient (Wildman–Crippen LogP) is 3.53. The van der Waals surface area contributed by atoms with E-state index >= 15 is 0 Å². The fourth-order valence-corrected chi connectivity index (χ4v) is 3.49. The van der Waals surface area contributed by atoms with Gasteiger partial charge < -0.3 is 20.7 Å². The Labute approximate surface area is 190 Å². The Morgan fingerprint density at radius 3 is 2.45 bits per heavy atom. The molecule has 3 N–H and O–H groups in total. The highest BCUT2D eigenvalue weighted by atomic mass is 19.4. The first-order valence-corrected chi connectivity index (χ1v) is 10.7. The molecule has 0 aliphatic carbocycles. The van der Waals surface area contributed by atoms with E-state index in [1.165, 1.54) is 12.1 Å². The number of benzene rings is 2. The van der Waals surface area contributed by atoms with Crippen LogP contribution in [0.4, 0.5) is 23.7 Å². The van der Waals surface area contributed by atoms with Crippen molar-refractivity contribution in [3.8, 4) is 5.75 Å². The topological polar surface area (TPSA) is 82.7 Å². The summed E-state index contributed by atoms with van der Waals surface area (Å²) in [5.41, 5.74) is 1.39. The number of halogens is 3. The molecule has 1 heterocycles. The first-order chi connectivity index (χ1) is 15.8. The Balaban J connectivity index is 1.34. The van der Waals surface area contributed by atoms with Crippen molar-refractivity contribution in [3.05, 3.63) is 60.2 Å². The van der Waals surface area contributed by atoms with Crippen LogP contribution >= 0.6 is 0 Å². The number of alkyl halides is 3. The zero-order chi connectivity index (χ0) is 23.7. The van der Waals surface area contributed by atoms with Crippen LogP contribution in [-0.4, -0.2) is 55.3 Å². The van der Waals surface area contributed by atoms with Crippen LogP contribution in [0.25, 0.3) is 0 Å². The third kappa shape index (κ3) is 9.01. The number of hydrogen-bond acceptors (Lipinski definition) is 4. The maximum absolute atomic E-state index is 12.3. The summed E-state index contributed by atoms with van der Waals surface area (Å²) >= 11 is 0. The quantitative estimate of drug-likeness (QED) is 0.558. The van der Waals surface area contributed by atoms with Gasteiger partial charge in [-0.3, -0.25) is 9.69 Å². The second kappa shape index (κ2) is 11.6. The summed E-state index contributed by atoms with van der Waals surface area (Å²) < 4.78 is 41.6. The van der Waals surface area contributed by atoms with Gasteiger partial charge in [-0.15, -0.1) is 0 Å². The Kier molecular flexibility index (Phi) is 8.53. The molecule has 0 bridgehead atoms. The highest BCUT2D eigenvalue weighted by molar-refractivity contribution is 5.92. The fraction of sp³-hybridized carbons (Fsp3) is 0.391. The number of anilines is 1. The van der Waals surface area contributed by atoms with Gasteiger partial charge in [0.15, 0.2) is 6.61 Å². The van der Waals surface area contributed by atoms with Crippen molar-refractivity contribution in [2.24, 2.45) is 0 Å². The second-order valence-corrected chi connectivity index (χ2v) is 7.84. The van der Waals surface area contributed by atoms with Gasteiger partial charge in [0, 0.05) is 31.4 Å². The maximum atomic E-state index is 12.3. The lowest BCUT2D eigenvalue weighted by Gasteiger charge is -2.31. The number of nitrogens with zero attached hydrogens (tertiary/aromatic N) is 1. The van der Waals surface area contributed by atoms with Crippen molar-refractivity contribution in [1.82, 2.24) is 15.5 Å². The van der Waals surface area contributed by atoms with Crippen molar-refractivity contribution >= 4 is 17.6 Å². The number of hydrogen-bond donors (Lipinski definition) is 3. The van der Waals surface area contributed by atoms with Crippen LogP contribution in [0, 0.1) is 0 Å². The van der Waals surface area contributed by atoms with Gasteiger partial charge in [0.1, 0.15) is 5.75 Å². The molecule has 0 aromatic heterocycles. The normalized spacial score (nSPS) is 15.0. The van der Waals surface area contributed by atoms with Crippen molar-refractivity contribution in [2.45, 2.75) is 31.6 Å². The van der Waals surface area contributed by atoms with Crippen LogP contribution in [0.15, 0.2) is 54.6 Å². The minimum absolute atomic E-state index is 0.0140. The first-order valence-electron chi connectivity index (χ1n) is 10.7. The third-order valence-electron chi connectivity index (χ3n) is 5.10. The largest absolute Gasteiger partial charge is 0.484 e. The SMILES string of the molecule is O=C(CN1CCC(NC(=O)NCc2cccc(OCC(F)(F)F)c2)CC1)Nc1ccccc1. The zero-order valence-electron chi connectivity index (χ0n) is 18.0.